The van der Waals surface area contributed by atoms with Gasteiger partial charge in [-0.3, -0.25) is 9.59 Å². The first-order valence-electron chi connectivity index (χ1n) is 6.14. The lowest BCUT2D eigenvalue weighted by molar-refractivity contribution is -0.147. The van der Waals surface area contributed by atoms with Crippen LogP contribution >= 0.6 is 0 Å². The standard InChI is InChI=1S/C14H19NO3/c1-2-3-9-11(16)12(14(17)18)13(15)10-7-5-4-6-8-10/h4-8,12-13H,2-3,9,15H2,1H3,(H,17,18). The van der Waals surface area contributed by atoms with Crippen molar-refractivity contribution in [1.29, 1.82) is 0 Å². The summed E-state index contributed by atoms with van der Waals surface area (Å²) >= 11 is 0. The minimum absolute atomic E-state index is 0.272. The highest BCUT2D eigenvalue weighted by atomic mass is 16.4. The summed E-state index contributed by atoms with van der Waals surface area (Å²) in [5, 5.41) is 9.17. The fraction of sp³-hybridized carbons (Fsp3) is 0.429. The van der Waals surface area contributed by atoms with Gasteiger partial charge in [0.05, 0.1) is 6.04 Å². The fourth-order valence-electron chi connectivity index (χ4n) is 1.87. The minimum atomic E-state index is -1.15. The predicted octanol–water partition coefficient (Wildman–Crippen LogP) is 2.15. The van der Waals surface area contributed by atoms with Crippen molar-refractivity contribution in [2.75, 3.05) is 0 Å². The van der Waals surface area contributed by atoms with Gasteiger partial charge in [0.1, 0.15) is 11.7 Å². The highest BCUT2D eigenvalue weighted by molar-refractivity contribution is 5.99. The van der Waals surface area contributed by atoms with Crippen LogP contribution in [-0.4, -0.2) is 16.9 Å². The normalized spacial score (nSPS) is 13.9. The molecule has 0 saturated heterocycles. The van der Waals surface area contributed by atoms with Crippen LogP contribution in [0.3, 0.4) is 0 Å². The van der Waals surface area contributed by atoms with Gasteiger partial charge in [0.2, 0.25) is 0 Å². The predicted molar refractivity (Wildman–Crippen MR) is 69.0 cm³/mol. The molecule has 2 unspecified atom stereocenters. The topological polar surface area (TPSA) is 80.4 Å². The highest BCUT2D eigenvalue weighted by Crippen LogP contribution is 2.22. The Morgan fingerprint density at radius 2 is 1.89 bits per heavy atom. The molecule has 4 heteroatoms. The maximum Gasteiger partial charge on any atom is 0.316 e. The Kier molecular flexibility index (Phi) is 5.52. The lowest BCUT2D eigenvalue weighted by atomic mass is 9.88. The van der Waals surface area contributed by atoms with E-state index < -0.39 is 17.9 Å². The van der Waals surface area contributed by atoms with Crippen LogP contribution in [0, 0.1) is 5.92 Å². The maximum absolute atomic E-state index is 11.9. The number of hydrogen-bond acceptors (Lipinski definition) is 3. The van der Waals surface area contributed by atoms with Crippen LogP contribution in [0.4, 0.5) is 0 Å². The molecule has 1 aromatic rings. The molecule has 3 N–H and O–H groups in total. The van der Waals surface area contributed by atoms with Crippen molar-refractivity contribution in [3.63, 3.8) is 0 Å². The number of benzene rings is 1. The molecule has 0 bridgehead atoms. The van der Waals surface area contributed by atoms with Gasteiger partial charge in [0.15, 0.2) is 0 Å². The van der Waals surface area contributed by atoms with Crippen molar-refractivity contribution in [3.05, 3.63) is 35.9 Å². The zero-order valence-corrected chi connectivity index (χ0v) is 10.5. The van der Waals surface area contributed by atoms with Gasteiger partial charge >= 0.3 is 5.97 Å². The van der Waals surface area contributed by atoms with E-state index in [4.69, 9.17) is 5.73 Å². The van der Waals surface area contributed by atoms with E-state index in [0.29, 0.717) is 12.0 Å². The minimum Gasteiger partial charge on any atom is -0.481 e. The zero-order valence-electron chi connectivity index (χ0n) is 10.5. The Morgan fingerprint density at radius 1 is 1.28 bits per heavy atom. The quantitative estimate of drug-likeness (QED) is 0.725. The lowest BCUT2D eigenvalue weighted by Crippen LogP contribution is -2.34. The summed E-state index contributed by atoms with van der Waals surface area (Å²) < 4.78 is 0. The molecule has 18 heavy (non-hydrogen) atoms. The van der Waals surface area contributed by atoms with Crippen LogP contribution in [0.2, 0.25) is 0 Å². The van der Waals surface area contributed by atoms with E-state index in [2.05, 4.69) is 0 Å². The summed E-state index contributed by atoms with van der Waals surface area (Å²) in [6, 6.07) is 8.09. The molecular formula is C14H19NO3. The molecule has 0 saturated carbocycles. The monoisotopic (exact) mass is 249 g/mol. The van der Waals surface area contributed by atoms with Crippen molar-refractivity contribution in [2.24, 2.45) is 11.7 Å². The molecule has 0 aliphatic rings. The number of unbranched alkanes of at least 4 members (excludes halogenated alkanes) is 1. The van der Waals surface area contributed by atoms with Crippen molar-refractivity contribution >= 4 is 11.8 Å². The molecule has 1 aromatic carbocycles. The Bertz CT molecular complexity index is 403. The summed E-state index contributed by atoms with van der Waals surface area (Å²) in [5.41, 5.74) is 6.59. The van der Waals surface area contributed by atoms with Crippen molar-refractivity contribution in [2.45, 2.75) is 32.2 Å². The highest BCUT2D eigenvalue weighted by Gasteiger charge is 2.32. The number of ketones is 1. The van der Waals surface area contributed by atoms with Crippen LogP contribution in [0.15, 0.2) is 30.3 Å². The van der Waals surface area contributed by atoms with Gasteiger partial charge in [0, 0.05) is 6.42 Å². The number of carbonyl (C=O) groups excluding carboxylic acids is 1. The molecule has 0 fully saturated rings. The Balaban J connectivity index is 2.85. The molecular weight excluding hydrogens is 230 g/mol. The number of carboxylic acid groups (broad SMARTS) is 1. The zero-order chi connectivity index (χ0) is 13.5. The largest absolute Gasteiger partial charge is 0.481 e. The van der Waals surface area contributed by atoms with Gasteiger partial charge in [-0.1, -0.05) is 43.7 Å². The summed E-state index contributed by atoms with van der Waals surface area (Å²) in [6.07, 6.45) is 1.83. The van der Waals surface area contributed by atoms with E-state index in [9.17, 15) is 14.7 Å². The molecule has 0 aliphatic heterocycles. The van der Waals surface area contributed by atoms with E-state index >= 15 is 0 Å². The lowest BCUT2D eigenvalue weighted by Gasteiger charge is -2.19. The smallest absolute Gasteiger partial charge is 0.316 e. The van der Waals surface area contributed by atoms with E-state index in [1.54, 1.807) is 24.3 Å². The number of aliphatic carboxylic acids is 1. The number of nitrogens with two attached hydrogens (primary N) is 1. The molecule has 0 aromatic heterocycles. The third kappa shape index (κ3) is 3.67. The number of carboxylic acids is 1. The molecule has 1 rings (SSSR count). The Labute approximate surface area is 107 Å². The second-order valence-corrected chi connectivity index (χ2v) is 4.32. The number of Topliss-reactive ketones (excluding diaryl/α,β-unsaturated/α-hetero) is 1. The molecule has 0 spiro atoms. The maximum atomic E-state index is 11.9. The van der Waals surface area contributed by atoms with Crippen LogP contribution in [-0.2, 0) is 9.59 Å². The van der Waals surface area contributed by atoms with Gasteiger partial charge in [-0.05, 0) is 12.0 Å². The third-order valence-electron chi connectivity index (χ3n) is 2.93. The van der Waals surface area contributed by atoms with E-state index in [-0.39, 0.29) is 12.2 Å². The molecule has 0 radical (unpaired) electrons. The summed E-state index contributed by atoms with van der Waals surface area (Å²) in [6.45, 7) is 1.96. The second-order valence-electron chi connectivity index (χ2n) is 4.32. The molecule has 2 atom stereocenters. The molecule has 98 valence electrons. The molecule has 0 heterocycles. The first kappa shape index (κ1) is 14.4. The van der Waals surface area contributed by atoms with Gasteiger partial charge < -0.3 is 10.8 Å². The third-order valence-corrected chi connectivity index (χ3v) is 2.93. The van der Waals surface area contributed by atoms with E-state index in [1.165, 1.54) is 0 Å². The Morgan fingerprint density at radius 3 is 2.39 bits per heavy atom. The van der Waals surface area contributed by atoms with Gasteiger partial charge in [-0.15, -0.1) is 0 Å². The van der Waals surface area contributed by atoms with Crippen LogP contribution < -0.4 is 5.73 Å². The SMILES string of the molecule is CCCCC(=O)C(C(=O)O)C(N)c1ccccc1. The van der Waals surface area contributed by atoms with Crippen molar-refractivity contribution in [1.82, 2.24) is 0 Å². The molecule has 4 nitrogen and oxygen atoms in total. The average Bonchev–Trinajstić information content (AvgIpc) is 2.37. The molecule has 0 amide bonds. The van der Waals surface area contributed by atoms with E-state index in [1.807, 2.05) is 13.0 Å². The van der Waals surface area contributed by atoms with Crippen LogP contribution in [0.1, 0.15) is 37.8 Å². The van der Waals surface area contributed by atoms with Crippen molar-refractivity contribution in [3.8, 4) is 0 Å². The van der Waals surface area contributed by atoms with Gasteiger partial charge in [-0.25, -0.2) is 0 Å². The fourth-order valence-corrected chi connectivity index (χ4v) is 1.87. The summed E-state index contributed by atoms with van der Waals surface area (Å²) in [4.78, 5) is 23.1. The number of rotatable bonds is 7. The van der Waals surface area contributed by atoms with Gasteiger partial charge in [-0.2, -0.15) is 0 Å². The first-order chi connectivity index (χ1) is 8.57. The second kappa shape index (κ2) is 6.91. The van der Waals surface area contributed by atoms with E-state index in [0.717, 1.165) is 6.42 Å². The van der Waals surface area contributed by atoms with Crippen molar-refractivity contribution < 1.29 is 14.7 Å². The van der Waals surface area contributed by atoms with Gasteiger partial charge in [0.25, 0.3) is 0 Å². The number of hydrogen-bond donors (Lipinski definition) is 2. The average molecular weight is 249 g/mol. The van der Waals surface area contributed by atoms with Crippen LogP contribution in [0.5, 0.6) is 0 Å². The molecule has 0 aliphatic carbocycles. The first-order valence-corrected chi connectivity index (χ1v) is 6.14. The Hall–Kier alpha value is -1.68. The summed E-state index contributed by atoms with van der Waals surface area (Å²) in [7, 11) is 0. The van der Waals surface area contributed by atoms with Crippen LogP contribution in [0.25, 0.3) is 0 Å². The summed E-state index contributed by atoms with van der Waals surface area (Å²) in [5.74, 6) is -2.59. The number of carbonyl (C=O) groups is 2.